The van der Waals surface area contributed by atoms with Crippen LogP contribution in [0.15, 0.2) is 30.5 Å². The van der Waals surface area contributed by atoms with Crippen LogP contribution >= 0.6 is 0 Å². The molecule has 0 bridgehead atoms. The molecule has 4 rings (SSSR count). The second kappa shape index (κ2) is 8.13. The summed E-state index contributed by atoms with van der Waals surface area (Å²) in [7, 11) is 0. The topological polar surface area (TPSA) is 42.3 Å². The van der Waals surface area contributed by atoms with Crippen LogP contribution in [0.5, 0.6) is 0 Å². The Balaban J connectivity index is 1.26. The van der Waals surface area contributed by atoms with Crippen LogP contribution in [0.4, 0.5) is 18.9 Å². The van der Waals surface area contributed by atoms with Crippen molar-refractivity contribution in [2.75, 3.05) is 37.7 Å². The Kier molecular flexibility index (Phi) is 5.59. The molecule has 0 saturated carbocycles. The zero-order valence-electron chi connectivity index (χ0n) is 15.7. The van der Waals surface area contributed by atoms with Crippen molar-refractivity contribution in [2.24, 2.45) is 5.92 Å². The van der Waals surface area contributed by atoms with E-state index < -0.39 is 11.9 Å². The molecule has 2 aromatic rings. The third-order valence-corrected chi connectivity index (χ3v) is 5.46. The van der Waals surface area contributed by atoms with Gasteiger partial charge < -0.3 is 19.5 Å². The number of ether oxygens (including phenoxy) is 1. The van der Waals surface area contributed by atoms with Crippen LogP contribution in [0, 0.1) is 5.92 Å². The summed E-state index contributed by atoms with van der Waals surface area (Å²) >= 11 is 0. The van der Waals surface area contributed by atoms with E-state index in [2.05, 4.69) is 39.5 Å². The first kappa shape index (κ1) is 19.3. The number of hydrogen-bond acceptors (Lipinski definition) is 4. The van der Waals surface area contributed by atoms with Crippen LogP contribution in [-0.2, 0) is 30.4 Å². The number of aryl methyl sites for hydroxylation is 1. The standard InChI is InChI=1S/C20H25F3N4O/c21-20(22,23)18-14-27-13-16(3-6-19(27)25-18)12-24-11-15-1-4-17(5-2-15)26-7-9-28-10-8-26/h1-2,4-5,14,16,24H,3,6-13H2/t16-/m1/s1. The Hall–Kier alpha value is -2.06. The first-order valence-corrected chi connectivity index (χ1v) is 9.74. The minimum absolute atomic E-state index is 0.315. The first-order chi connectivity index (χ1) is 13.5. The lowest BCUT2D eigenvalue weighted by Crippen LogP contribution is -2.36. The lowest BCUT2D eigenvalue weighted by Gasteiger charge is -2.29. The number of aromatic nitrogens is 2. The van der Waals surface area contributed by atoms with Gasteiger partial charge in [0.2, 0.25) is 0 Å². The quantitative estimate of drug-likeness (QED) is 0.846. The van der Waals surface area contributed by atoms with Crippen molar-refractivity contribution >= 4 is 5.69 Å². The van der Waals surface area contributed by atoms with Gasteiger partial charge in [-0.2, -0.15) is 13.2 Å². The van der Waals surface area contributed by atoms with Gasteiger partial charge in [0.1, 0.15) is 5.82 Å². The Morgan fingerprint density at radius 2 is 1.89 bits per heavy atom. The number of nitrogens with zero attached hydrogens (tertiary/aromatic N) is 3. The number of nitrogens with one attached hydrogen (secondary N) is 1. The number of alkyl halides is 3. The zero-order valence-corrected chi connectivity index (χ0v) is 15.7. The lowest BCUT2D eigenvalue weighted by molar-refractivity contribution is -0.141. The van der Waals surface area contributed by atoms with E-state index in [9.17, 15) is 13.2 Å². The predicted octanol–water partition coefficient (Wildman–Crippen LogP) is 3.09. The SMILES string of the molecule is FC(F)(F)c1cn2c(n1)CC[C@H](CNCc1ccc(N3CCOCC3)cc1)C2. The summed E-state index contributed by atoms with van der Waals surface area (Å²) in [5, 5.41) is 3.45. The molecule has 8 heteroatoms. The number of morpholine rings is 1. The summed E-state index contributed by atoms with van der Waals surface area (Å²) in [4.78, 5) is 6.06. The second-order valence-electron chi connectivity index (χ2n) is 7.49. The maximum absolute atomic E-state index is 12.8. The van der Waals surface area contributed by atoms with Gasteiger partial charge in [-0.1, -0.05) is 12.1 Å². The van der Waals surface area contributed by atoms with Gasteiger partial charge in [-0.3, -0.25) is 0 Å². The molecule has 0 radical (unpaired) electrons. The number of hydrogen-bond donors (Lipinski definition) is 1. The van der Waals surface area contributed by atoms with Gasteiger partial charge >= 0.3 is 6.18 Å². The minimum atomic E-state index is -4.37. The normalized spacial score (nSPS) is 20.2. The third kappa shape index (κ3) is 4.50. The molecule has 28 heavy (non-hydrogen) atoms. The Bertz CT molecular complexity index is 782. The number of fused-ring (bicyclic) bond motifs is 1. The van der Waals surface area contributed by atoms with Gasteiger partial charge in [0.15, 0.2) is 5.69 Å². The molecule has 0 amide bonds. The van der Waals surface area contributed by atoms with Gasteiger partial charge in [0.05, 0.1) is 13.2 Å². The molecular weight excluding hydrogens is 369 g/mol. The van der Waals surface area contributed by atoms with Gasteiger partial charge in [0.25, 0.3) is 0 Å². The molecule has 1 aromatic carbocycles. The third-order valence-electron chi connectivity index (χ3n) is 5.46. The molecule has 3 heterocycles. The van der Waals surface area contributed by atoms with Crippen molar-refractivity contribution in [3.8, 4) is 0 Å². The largest absolute Gasteiger partial charge is 0.434 e. The van der Waals surface area contributed by atoms with Crippen LogP contribution in [0.3, 0.4) is 0 Å². The van der Waals surface area contributed by atoms with Crippen LogP contribution in [-0.4, -0.2) is 42.4 Å². The summed E-state index contributed by atoms with van der Waals surface area (Å²) in [6.45, 7) is 5.51. The lowest BCUT2D eigenvalue weighted by atomic mass is 9.99. The molecule has 1 N–H and O–H groups in total. The number of benzene rings is 1. The van der Waals surface area contributed by atoms with E-state index in [1.807, 2.05) is 0 Å². The van der Waals surface area contributed by atoms with Gasteiger partial charge in [-0.05, 0) is 36.6 Å². The molecule has 0 aliphatic carbocycles. The van der Waals surface area contributed by atoms with Crippen molar-refractivity contribution in [2.45, 2.75) is 32.1 Å². The number of imidazole rings is 1. The van der Waals surface area contributed by atoms with E-state index in [1.165, 1.54) is 11.3 Å². The highest BCUT2D eigenvalue weighted by Gasteiger charge is 2.35. The highest BCUT2D eigenvalue weighted by atomic mass is 19.4. The van der Waals surface area contributed by atoms with Crippen molar-refractivity contribution in [1.29, 1.82) is 0 Å². The predicted molar refractivity (Wildman–Crippen MR) is 100 cm³/mol. The van der Waals surface area contributed by atoms with Crippen molar-refractivity contribution < 1.29 is 17.9 Å². The fourth-order valence-corrected chi connectivity index (χ4v) is 3.88. The molecular formula is C20H25F3N4O. The molecule has 2 aliphatic heterocycles. The van der Waals surface area contributed by atoms with E-state index in [0.29, 0.717) is 24.7 Å². The maximum atomic E-state index is 12.8. The highest BCUT2D eigenvalue weighted by molar-refractivity contribution is 5.47. The maximum Gasteiger partial charge on any atom is 0.434 e. The Labute approximate surface area is 162 Å². The number of anilines is 1. The molecule has 5 nitrogen and oxygen atoms in total. The van der Waals surface area contributed by atoms with E-state index in [-0.39, 0.29) is 0 Å². The van der Waals surface area contributed by atoms with E-state index in [1.54, 1.807) is 4.57 Å². The van der Waals surface area contributed by atoms with Crippen molar-refractivity contribution in [3.63, 3.8) is 0 Å². The van der Waals surface area contributed by atoms with Crippen LogP contribution in [0.25, 0.3) is 0 Å². The molecule has 1 atom stereocenters. The molecule has 0 unspecified atom stereocenters. The smallest absolute Gasteiger partial charge is 0.378 e. The second-order valence-corrected chi connectivity index (χ2v) is 7.49. The molecule has 1 aromatic heterocycles. The zero-order chi connectivity index (χ0) is 19.6. The summed E-state index contributed by atoms with van der Waals surface area (Å²) in [5.74, 6) is 0.859. The van der Waals surface area contributed by atoms with E-state index in [4.69, 9.17) is 4.74 Å². The monoisotopic (exact) mass is 394 g/mol. The fraction of sp³-hybridized carbons (Fsp3) is 0.550. The minimum Gasteiger partial charge on any atom is -0.378 e. The molecule has 2 aliphatic rings. The summed E-state index contributed by atoms with van der Waals surface area (Å²) < 4.78 is 45.5. The van der Waals surface area contributed by atoms with E-state index in [0.717, 1.165) is 52.0 Å². The number of halogens is 3. The van der Waals surface area contributed by atoms with Gasteiger partial charge in [-0.15, -0.1) is 0 Å². The van der Waals surface area contributed by atoms with E-state index >= 15 is 0 Å². The fourth-order valence-electron chi connectivity index (χ4n) is 3.88. The average Bonchev–Trinajstić information content (AvgIpc) is 3.13. The molecule has 1 saturated heterocycles. The number of rotatable bonds is 5. The Morgan fingerprint density at radius 1 is 1.14 bits per heavy atom. The van der Waals surface area contributed by atoms with Crippen LogP contribution < -0.4 is 10.2 Å². The average molecular weight is 394 g/mol. The molecule has 152 valence electrons. The summed E-state index contributed by atoms with van der Waals surface area (Å²) in [6.07, 6.45) is -1.77. The van der Waals surface area contributed by atoms with Crippen molar-refractivity contribution in [1.82, 2.24) is 14.9 Å². The van der Waals surface area contributed by atoms with Crippen LogP contribution in [0.1, 0.15) is 23.5 Å². The highest BCUT2D eigenvalue weighted by Crippen LogP contribution is 2.30. The summed E-state index contributed by atoms with van der Waals surface area (Å²) in [6, 6.07) is 8.53. The van der Waals surface area contributed by atoms with Crippen LogP contribution in [0.2, 0.25) is 0 Å². The molecule has 0 spiro atoms. The van der Waals surface area contributed by atoms with Gasteiger partial charge in [-0.25, -0.2) is 4.98 Å². The van der Waals surface area contributed by atoms with Gasteiger partial charge in [0, 0.05) is 44.5 Å². The van der Waals surface area contributed by atoms with Crippen molar-refractivity contribution in [3.05, 3.63) is 47.5 Å². The summed E-state index contributed by atoms with van der Waals surface area (Å²) in [5.41, 5.74) is 1.64. The molecule has 1 fully saturated rings. The Morgan fingerprint density at radius 3 is 2.61 bits per heavy atom. The first-order valence-electron chi connectivity index (χ1n) is 9.74.